The van der Waals surface area contributed by atoms with Gasteiger partial charge in [0, 0.05) is 24.1 Å². The topological polar surface area (TPSA) is 109 Å². The van der Waals surface area contributed by atoms with Crippen LogP contribution in [-0.4, -0.2) is 27.7 Å². The molecule has 0 fully saturated rings. The number of aryl methyl sites for hydroxylation is 1. The number of anilines is 1. The number of carbonyl (C=O) groups excluding carboxylic acids is 2. The molecule has 2 aromatic heterocycles. The molecule has 0 aliphatic carbocycles. The summed E-state index contributed by atoms with van der Waals surface area (Å²) >= 11 is 0. The zero-order chi connectivity index (χ0) is 19.2. The van der Waals surface area contributed by atoms with Crippen molar-refractivity contribution in [1.29, 1.82) is 0 Å². The van der Waals surface area contributed by atoms with E-state index in [1.807, 2.05) is 0 Å². The second-order valence-corrected chi connectivity index (χ2v) is 5.73. The molecule has 2 N–H and O–H groups in total. The van der Waals surface area contributed by atoms with Crippen LogP contribution < -0.4 is 10.7 Å². The normalized spacial score (nSPS) is 11.1. The number of amides is 2. The van der Waals surface area contributed by atoms with Crippen LogP contribution >= 0.6 is 0 Å². The van der Waals surface area contributed by atoms with E-state index in [2.05, 4.69) is 26.0 Å². The number of rotatable bonds is 5. The number of nitrogens with one attached hydrogen (secondary N) is 2. The molecule has 0 aliphatic heterocycles. The summed E-state index contributed by atoms with van der Waals surface area (Å²) in [5.74, 6) is -0.126. The van der Waals surface area contributed by atoms with E-state index in [0.717, 1.165) is 5.56 Å². The molecule has 3 rings (SSSR count). The van der Waals surface area contributed by atoms with Gasteiger partial charge in [0.2, 0.25) is 0 Å². The van der Waals surface area contributed by atoms with Gasteiger partial charge in [0.1, 0.15) is 5.76 Å². The van der Waals surface area contributed by atoms with Gasteiger partial charge in [-0.25, -0.2) is 5.43 Å². The molecule has 8 nitrogen and oxygen atoms in total. The maximum absolute atomic E-state index is 12.0. The van der Waals surface area contributed by atoms with Crippen molar-refractivity contribution < 1.29 is 14.1 Å². The average Bonchev–Trinajstić information content (AvgIpc) is 3.13. The molecule has 2 heterocycles. The summed E-state index contributed by atoms with van der Waals surface area (Å²) in [7, 11) is 0. The van der Waals surface area contributed by atoms with Crippen molar-refractivity contribution in [3.8, 4) is 0 Å². The van der Waals surface area contributed by atoms with Gasteiger partial charge in [-0.3, -0.25) is 14.6 Å². The first-order valence-electron chi connectivity index (χ1n) is 8.12. The van der Waals surface area contributed by atoms with Crippen LogP contribution in [0.15, 0.2) is 64.5 Å². The Labute approximate surface area is 155 Å². The van der Waals surface area contributed by atoms with Crippen LogP contribution in [0.5, 0.6) is 0 Å². The predicted molar refractivity (Wildman–Crippen MR) is 99.5 cm³/mol. The molecule has 0 aliphatic rings. The number of hydrogen-bond donors (Lipinski definition) is 2. The Bertz CT molecular complexity index is 978. The maximum atomic E-state index is 12.0. The second kappa shape index (κ2) is 8.05. The Morgan fingerprint density at radius 2 is 1.85 bits per heavy atom. The highest BCUT2D eigenvalue weighted by Crippen LogP contribution is 2.12. The van der Waals surface area contributed by atoms with Gasteiger partial charge in [0.05, 0.1) is 11.3 Å². The summed E-state index contributed by atoms with van der Waals surface area (Å²) in [6.07, 6.45) is 3.06. The smallest absolute Gasteiger partial charge is 0.277 e. The highest BCUT2D eigenvalue weighted by Gasteiger charge is 2.11. The first kappa shape index (κ1) is 18.0. The number of nitrogens with zero attached hydrogens (tertiary/aromatic N) is 3. The lowest BCUT2D eigenvalue weighted by atomic mass is 10.1. The summed E-state index contributed by atoms with van der Waals surface area (Å²) in [5.41, 5.74) is 5.16. The van der Waals surface area contributed by atoms with Crippen LogP contribution in [0.4, 0.5) is 5.69 Å². The van der Waals surface area contributed by atoms with Crippen molar-refractivity contribution >= 4 is 23.2 Å². The van der Waals surface area contributed by atoms with Gasteiger partial charge in [0.25, 0.3) is 11.8 Å². The summed E-state index contributed by atoms with van der Waals surface area (Å²) < 4.78 is 4.89. The first-order valence-corrected chi connectivity index (χ1v) is 8.12. The van der Waals surface area contributed by atoms with Crippen molar-refractivity contribution in [2.24, 2.45) is 5.10 Å². The molecule has 8 heteroatoms. The van der Waals surface area contributed by atoms with E-state index < -0.39 is 0 Å². The summed E-state index contributed by atoms with van der Waals surface area (Å²) in [5, 5.41) is 10.5. The number of carbonyl (C=O) groups is 2. The summed E-state index contributed by atoms with van der Waals surface area (Å²) in [6.45, 7) is 3.49. The molecular weight excluding hydrogens is 346 g/mol. The number of hydrazone groups is 1. The average molecular weight is 363 g/mol. The van der Waals surface area contributed by atoms with Gasteiger partial charge in [0.15, 0.2) is 5.69 Å². The standard InChI is InChI=1S/C19H17N5O3/c1-12-10-17(24-27-12)19(26)21-16-7-5-14(6-8-16)13(2)22-23-18(25)15-4-3-9-20-11-15/h3-11H,1-2H3,(H,21,26)(H,23,25)/b22-13-. The summed E-state index contributed by atoms with van der Waals surface area (Å²) in [4.78, 5) is 27.9. The van der Waals surface area contributed by atoms with E-state index >= 15 is 0 Å². The van der Waals surface area contributed by atoms with E-state index in [1.54, 1.807) is 62.5 Å². The second-order valence-electron chi connectivity index (χ2n) is 5.73. The molecule has 3 aromatic rings. The van der Waals surface area contributed by atoms with Gasteiger partial charge in [-0.05, 0) is 43.7 Å². The van der Waals surface area contributed by atoms with Gasteiger partial charge < -0.3 is 9.84 Å². The summed E-state index contributed by atoms with van der Waals surface area (Å²) in [6, 6.07) is 12.0. The molecule has 2 amide bonds. The number of aromatic nitrogens is 2. The van der Waals surface area contributed by atoms with Crippen LogP contribution in [0.25, 0.3) is 0 Å². The minimum absolute atomic E-state index is 0.215. The monoisotopic (exact) mass is 363 g/mol. The Morgan fingerprint density at radius 1 is 1.07 bits per heavy atom. The molecule has 0 unspecified atom stereocenters. The Kier molecular flexibility index (Phi) is 5.36. The molecule has 0 bridgehead atoms. The number of pyridine rings is 1. The largest absolute Gasteiger partial charge is 0.361 e. The fourth-order valence-corrected chi connectivity index (χ4v) is 2.22. The first-order chi connectivity index (χ1) is 13.0. The third-order valence-corrected chi connectivity index (χ3v) is 3.67. The highest BCUT2D eigenvalue weighted by atomic mass is 16.5. The van der Waals surface area contributed by atoms with Crippen LogP contribution in [0.1, 0.15) is 39.1 Å². The fraction of sp³-hybridized carbons (Fsp3) is 0.105. The van der Waals surface area contributed by atoms with Gasteiger partial charge in [-0.15, -0.1) is 0 Å². The van der Waals surface area contributed by atoms with Gasteiger partial charge >= 0.3 is 0 Å². The van der Waals surface area contributed by atoms with Crippen LogP contribution in [0.2, 0.25) is 0 Å². The van der Waals surface area contributed by atoms with E-state index in [-0.39, 0.29) is 17.5 Å². The highest BCUT2D eigenvalue weighted by molar-refractivity contribution is 6.04. The predicted octanol–water partition coefficient (Wildman–Crippen LogP) is 2.78. The Balaban J connectivity index is 1.62. The Hall–Kier alpha value is -3.81. The van der Waals surface area contributed by atoms with E-state index in [9.17, 15) is 9.59 Å². The minimum Gasteiger partial charge on any atom is -0.361 e. The molecular formula is C19H17N5O3. The molecule has 0 saturated heterocycles. The van der Waals surface area contributed by atoms with Crippen molar-refractivity contribution in [1.82, 2.24) is 15.6 Å². The van der Waals surface area contributed by atoms with Crippen molar-refractivity contribution in [3.05, 3.63) is 77.4 Å². The SMILES string of the molecule is C/C(=N/NC(=O)c1cccnc1)c1ccc(NC(=O)c2cc(C)on2)cc1. The molecule has 0 radical (unpaired) electrons. The van der Waals surface area contributed by atoms with Crippen molar-refractivity contribution in [3.63, 3.8) is 0 Å². The van der Waals surface area contributed by atoms with E-state index in [4.69, 9.17) is 4.52 Å². The fourth-order valence-electron chi connectivity index (χ4n) is 2.22. The molecule has 27 heavy (non-hydrogen) atoms. The van der Waals surface area contributed by atoms with E-state index in [1.165, 1.54) is 6.20 Å². The molecule has 0 atom stereocenters. The maximum Gasteiger partial charge on any atom is 0.277 e. The lowest BCUT2D eigenvalue weighted by molar-refractivity contribution is 0.0953. The van der Waals surface area contributed by atoms with Crippen molar-refractivity contribution in [2.45, 2.75) is 13.8 Å². The van der Waals surface area contributed by atoms with Crippen LogP contribution in [0, 0.1) is 6.92 Å². The zero-order valence-electron chi connectivity index (χ0n) is 14.8. The number of benzene rings is 1. The molecule has 136 valence electrons. The molecule has 1 aromatic carbocycles. The van der Waals surface area contributed by atoms with Gasteiger partial charge in [-0.2, -0.15) is 5.10 Å². The van der Waals surface area contributed by atoms with Crippen LogP contribution in [-0.2, 0) is 0 Å². The molecule has 0 saturated carbocycles. The third kappa shape index (κ3) is 4.63. The lowest BCUT2D eigenvalue weighted by Crippen LogP contribution is -2.19. The van der Waals surface area contributed by atoms with Crippen LogP contribution in [0.3, 0.4) is 0 Å². The quantitative estimate of drug-likeness (QED) is 0.535. The number of hydrogen-bond acceptors (Lipinski definition) is 6. The van der Waals surface area contributed by atoms with Gasteiger partial charge in [-0.1, -0.05) is 17.3 Å². The van der Waals surface area contributed by atoms with E-state index in [0.29, 0.717) is 22.7 Å². The zero-order valence-corrected chi connectivity index (χ0v) is 14.8. The van der Waals surface area contributed by atoms with Crippen molar-refractivity contribution in [2.75, 3.05) is 5.32 Å². The molecule has 0 spiro atoms. The third-order valence-electron chi connectivity index (χ3n) is 3.67. The Morgan fingerprint density at radius 3 is 2.48 bits per heavy atom. The lowest BCUT2D eigenvalue weighted by Gasteiger charge is -2.06. The minimum atomic E-state index is -0.353.